The van der Waals surface area contributed by atoms with E-state index in [-0.39, 0.29) is 12.4 Å². The minimum Gasteiger partial charge on any atom is -0.329 e. The predicted octanol–water partition coefficient (Wildman–Crippen LogP) is 4.47. The number of alkyl halides is 3. The van der Waals surface area contributed by atoms with Gasteiger partial charge in [-0.1, -0.05) is 35.5 Å². The van der Waals surface area contributed by atoms with Crippen LogP contribution < -0.4 is 0 Å². The van der Waals surface area contributed by atoms with Crippen LogP contribution in [0.5, 0.6) is 0 Å². The van der Waals surface area contributed by atoms with Crippen molar-refractivity contribution in [3.05, 3.63) is 53.2 Å². The van der Waals surface area contributed by atoms with Crippen molar-refractivity contribution in [3.63, 3.8) is 0 Å². The lowest BCUT2D eigenvalue weighted by Gasteiger charge is -2.02. The summed E-state index contributed by atoms with van der Waals surface area (Å²) in [5, 5.41) is 5.16. The Morgan fingerprint density at radius 1 is 1.24 bits per heavy atom. The zero-order valence-electron chi connectivity index (χ0n) is 12.9. The number of benzene rings is 1. The summed E-state index contributed by atoms with van der Waals surface area (Å²) < 4.78 is 59.1. The molecule has 3 aromatic rings. The average Bonchev–Trinajstić information content (AvgIpc) is 3.24. The van der Waals surface area contributed by atoms with Gasteiger partial charge in [-0.05, 0) is 17.0 Å². The number of aromatic nitrogens is 2. The zero-order chi connectivity index (χ0) is 18.1. The Bertz CT molecular complexity index is 970. The standard InChI is InChI=1S/C15H12F3N3O2S2/c1-25(22,12-3-2-8-24-12)19-9-10-4-6-11(7-5-10)13-20-14(23-21-13)15(16,17)18/h2-8H,9H2,1H3. The monoisotopic (exact) mass is 387 g/mol. The molecule has 5 nitrogen and oxygen atoms in total. The number of thiophene rings is 1. The maximum atomic E-state index is 12.5. The van der Waals surface area contributed by atoms with E-state index < -0.39 is 21.8 Å². The molecule has 0 fully saturated rings. The summed E-state index contributed by atoms with van der Waals surface area (Å²) in [6, 6.07) is 10.1. The molecule has 0 bridgehead atoms. The van der Waals surface area contributed by atoms with Crippen molar-refractivity contribution in [2.45, 2.75) is 16.9 Å². The third-order valence-corrected chi connectivity index (χ3v) is 6.62. The zero-order valence-corrected chi connectivity index (χ0v) is 14.5. The highest BCUT2D eigenvalue weighted by Crippen LogP contribution is 2.29. The minimum absolute atomic E-state index is 0.145. The molecule has 0 radical (unpaired) electrons. The Labute approximate surface area is 145 Å². The second-order valence-electron chi connectivity index (χ2n) is 5.14. The number of halogens is 3. The van der Waals surface area contributed by atoms with E-state index in [1.807, 2.05) is 11.4 Å². The molecule has 132 valence electrons. The van der Waals surface area contributed by atoms with Gasteiger partial charge in [0.2, 0.25) is 5.82 Å². The molecule has 25 heavy (non-hydrogen) atoms. The fraction of sp³-hybridized carbons (Fsp3) is 0.200. The van der Waals surface area contributed by atoms with Crippen LogP contribution in [0.3, 0.4) is 0 Å². The number of hydrogen-bond acceptors (Lipinski definition) is 6. The van der Waals surface area contributed by atoms with Crippen molar-refractivity contribution in [1.82, 2.24) is 10.1 Å². The Morgan fingerprint density at radius 2 is 1.96 bits per heavy atom. The molecule has 1 unspecified atom stereocenters. The largest absolute Gasteiger partial charge is 0.471 e. The fourth-order valence-electron chi connectivity index (χ4n) is 1.96. The molecule has 3 rings (SSSR count). The van der Waals surface area contributed by atoms with Crippen LogP contribution >= 0.6 is 11.3 Å². The highest BCUT2D eigenvalue weighted by molar-refractivity contribution is 7.94. The molecule has 2 heterocycles. The first-order chi connectivity index (χ1) is 11.8. The normalized spacial score (nSPS) is 14.2. The fourth-order valence-corrected chi connectivity index (χ4v) is 4.30. The van der Waals surface area contributed by atoms with E-state index >= 15 is 0 Å². The number of nitrogens with zero attached hydrogens (tertiary/aromatic N) is 3. The van der Waals surface area contributed by atoms with Gasteiger partial charge in [0, 0.05) is 11.8 Å². The van der Waals surface area contributed by atoms with E-state index in [1.54, 1.807) is 36.6 Å². The van der Waals surface area contributed by atoms with Crippen LogP contribution in [0.15, 0.2) is 54.9 Å². The van der Waals surface area contributed by atoms with Crippen molar-refractivity contribution in [2.75, 3.05) is 6.26 Å². The maximum absolute atomic E-state index is 12.5. The molecule has 0 spiro atoms. The first kappa shape index (κ1) is 17.6. The molecule has 0 saturated heterocycles. The molecule has 10 heteroatoms. The molecule has 0 aliphatic heterocycles. The highest BCUT2D eigenvalue weighted by atomic mass is 32.2. The van der Waals surface area contributed by atoms with E-state index in [4.69, 9.17) is 0 Å². The van der Waals surface area contributed by atoms with E-state index in [0.29, 0.717) is 9.77 Å². The first-order valence-electron chi connectivity index (χ1n) is 6.97. The topological polar surface area (TPSA) is 68.3 Å². The van der Waals surface area contributed by atoms with Gasteiger partial charge >= 0.3 is 12.1 Å². The molecule has 0 aliphatic rings. The van der Waals surface area contributed by atoms with Crippen molar-refractivity contribution >= 4 is 21.1 Å². The molecular formula is C15H12F3N3O2S2. The summed E-state index contributed by atoms with van der Waals surface area (Å²) in [6.07, 6.45) is -3.10. The van der Waals surface area contributed by atoms with Gasteiger partial charge < -0.3 is 4.52 Å². The van der Waals surface area contributed by atoms with Crippen molar-refractivity contribution in [1.29, 1.82) is 0 Å². The van der Waals surface area contributed by atoms with Gasteiger partial charge in [-0.3, -0.25) is 0 Å². The van der Waals surface area contributed by atoms with Gasteiger partial charge in [0.15, 0.2) is 0 Å². The lowest BCUT2D eigenvalue weighted by atomic mass is 10.1. The highest BCUT2D eigenvalue weighted by Gasteiger charge is 2.38. The molecule has 0 saturated carbocycles. The molecule has 0 amide bonds. The number of rotatable bonds is 4. The van der Waals surface area contributed by atoms with Crippen LogP contribution in [0.2, 0.25) is 0 Å². The van der Waals surface area contributed by atoms with E-state index in [2.05, 4.69) is 19.0 Å². The summed E-state index contributed by atoms with van der Waals surface area (Å²) in [5.41, 5.74) is 1.16. The SMILES string of the molecule is CS(=O)(=NCc1ccc(-c2noc(C(F)(F)F)n2)cc1)c1cccs1. The molecular weight excluding hydrogens is 375 g/mol. The third-order valence-electron chi connectivity index (χ3n) is 3.24. The van der Waals surface area contributed by atoms with Crippen LogP contribution in [0.1, 0.15) is 11.5 Å². The van der Waals surface area contributed by atoms with Crippen molar-refractivity contribution in [3.8, 4) is 11.4 Å². The quantitative estimate of drug-likeness (QED) is 0.662. The van der Waals surface area contributed by atoms with Crippen LogP contribution in [0.4, 0.5) is 13.2 Å². The Balaban J connectivity index is 1.77. The van der Waals surface area contributed by atoms with Gasteiger partial charge in [0.1, 0.15) is 0 Å². The van der Waals surface area contributed by atoms with Crippen LogP contribution in [0.25, 0.3) is 11.4 Å². The smallest absolute Gasteiger partial charge is 0.329 e. The van der Waals surface area contributed by atoms with Gasteiger partial charge in [-0.15, -0.1) is 11.3 Å². The lowest BCUT2D eigenvalue weighted by Crippen LogP contribution is -2.04. The van der Waals surface area contributed by atoms with Gasteiger partial charge in [-0.2, -0.15) is 18.2 Å². The summed E-state index contributed by atoms with van der Waals surface area (Å²) in [6.45, 7) is 0.230. The summed E-state index contributed by atoms with van der Waals surface area (Å²) in [7, 11) is -2.46. The second kappa shape index (κ2) is 6.60. The first-order valence-corrected chi connectivity index (χ1v) is 9.78. The third kappa shape index (κ3) is 4.07. The van der Waals surface area contributed by atoms with E-state index in [0.717, 1.165) is 5.56 Å². The Hall–Kier alpha value is -2.20. The molecule has 2 aromatic heterocycles. The van der Waals surface area contributed by atoms with Crippen LogP contribution in [-0.2, 0) is 22.5 Å². The Kier molecular flexibility index (Phi) is 4.65. The molecule has 0 aliphatic carbocycles. The molecule has 1 aromatic carbocycles. The molecule has 1 atom stereocenters. The average molecular weight is 387 g/mol. The van der Waals surface area contributed by atoms with Crippen molar-refractivity contribution < 1.29 is 21.9 Å². The second-order valence-corrected chi connectivity index (χ2v) is 8.65. The van der Waals surface area contributed by atoms with E-state index in [9.17, 15) is 17.4 Å². The summed E-state index contributed by atoms with van der Waals surface area (Å²) in [4.78, 5) is 3.33. The summed E-state index contributed by atoms with van der Waals surface area (Å²) >= 11 is 1.38. The van der Waals surface area contributed by atoms with Crippen molar-refractivity contribution in [2.24, 2.45) is 4.36 Å². The minimum atomic E-state index is -4.67. The molecule has 0 N–H and O–H groups in total. The Morgan fingerprint density at radius 3 is 2.52 bits per heavy atom. The maximum Gasteiger partial charge on any atom is 0.471 e. The number of hydrogen-bond donors (Lipinski definition) is 0. The van der Waals surface area contributed by atoms with Gasteiger partial charge in [0.05, 0.1) is 20.5 Å². The lowest BCUT2D eigenvalue weighted by molar-refractivity contribution is -0.159. The van der Waals surface area contributed by atoms with Gasteiger partial charge in [0.25, 0.3) is 0 Å². The predicted molar refractivity (Wildman–Crippen MR) is 87.5 cm³/mol. The van der Waals surface area contributed by atoms with Crippen LogP contribution in [0, 0.1) is 0 Å². The van der Waals surface area contributed by atoms with Crippen LogP contribution in [-0.4, -0.2) is 20.6 Å². The van der Waals surface area contributed by atoms with E-state index in [1.165, 1.54) is 11.3 Å². The van der Waals surface area contributed by atoms with Gasteiger partial charge in [-0.25, -0.2) is 8.57 Å². The summed E-state index contributed by atoms with van der Waals surface area (Å²) in [5.74, 6) is -1.53.